The monoisotopic (exact) mass is 400 g/mol. The van der Waals surface area contributed by atoms with Crippen molar-refractivity contribution < 1.29 is 23.9 Å². The maximum Gasteiger partial charge on any atom is 0.337 e. The van der Waals surface area contributed by atoms with Crippen molar-refractivity contribution in [3.8, 4) is 0 Å². The zero-order chi connectivity index (χ0) is 21.2. The van der Waals surface area contributed by atoms with E-state index in [0.29, 0.717) is 12.0 Å². The summed E-state index contributed by atoms with van der Waals surface area (Å²) >= 11 is 0. The molecule has 154 valence electrons. The molecule has 0 aromatic heterocycles. The number of amides is 5. The lowest BCUT2D eigenvalue weighted by atomic mass is 9.87. The number of carbonyl (C=O) groups is 4. The van der Waals surface area contributed by atoms with Crippen LogP contribution in [-0.2, 0) is 19.9 Å². The van der Waals surface area contributed by atoms with Gasteiger partial charge < -0.3 is 20.7 Å². The quantitative estimate of drug-likeness (QED) is 0.492. The average molecular weight is 400 g/mol. The smallest absolute Gasteiger partial charge is 0.337 e. The van der Waals surface area contributed by atoms with E-state index < -0.39 is 35.5 Å². The van der Waals surface area contributed by atoms with Gasteiger partial charge in [0.05, 0.1) is 30.5 Å². The molecule has 2 heterocycles. The second-order valence-electron chi connectivity index (χ2n) is 6.88. The van der Waals surface area contributed by atoms with Gasteiger partial charge >= 0.3 is 18.0 Å². The Labute approximate surface area is 168 Å². The summed E-state index contributed by atoms with van der Waals surface area (Å²) in [6.45, 7) is 5.03. The number of nitrogens with zero attached hydrogens (tertiary/aromatic N) is 1. The Kier molecular flexibility index (Phi) is 5.58. The standard InChI is InChI=1S/C20H24N4O5/c1-4-20(13-9-7-6-8-10-13)17(26)24(19(28)23-20)11-14-15(16(25)29-5-2)12(3)21-18(27)22-14/h6-10,12H,4-5,11H2,1-3H3,(H,23,28)(H2,21,22,27)/t12-,20-/m1/s1. The first-order valence-electron chi connectivity index (χ1n) is 9.51. The number of hydrogen-bond donors (Lipinski definition) is 3. The molecule has 5 amide bonds. The maximum atomic E-state index is 13.3. The molecule has 0 spiro atoms. The molecule has 1 fully saturated rings. The van der Waals surface area contributed by atoms with Crippen LogP contribution in [0.4, 0.5) is 9.59 Å². The van der Waals surface area contributed by atoms with Crippen LogP contribution in [0, 0.1) is 0 Å². The zero-order valence-electron chi connectivity index (χ0n) is 16.6. The molecule has 0 aliphatic carbocycles. The van der Waals surface area contributed by atoms with Gasteiger partial charge in [-0.3, -0.25) is 9.69 Å². The predicted octanol–water partition coefficient (Wildman–Crippen LogP) is 1.36. The van der Waals surface area contributed by atoms with Gasteiger partial charge in [0.15, 0.2) is 0 Å². The SMILES string of the molecule is CCOC(=O)C1=C(CN2C(=O)N[C@](CC)(c3ccccc3)C2=O)NC(=O)N[C@@H]1C. The van der Waals surface area contributed by atoms with Gasteiger partial charge in [0.1, 0.15) is 5.54 Å². The van der Waals surface area contributed by atoms with E-state index in [1.54, 1.807) is 38.1 Å². The van der Waals surface area contributed by atoms with Crippen LogP contribution in [-0.4, -0.2) is 48.0 Å². The largest absolute Gasteiger partial charge is 0.463 e. The van der Waals surface area contributed by atoms with Crippen LogP contribution in [0.1, 0.15) is 32.8 Å². The van der Waals surface area contributed by atoms with Gasteiger partial charge in [-0.25, -0.2) is 14.4 Å². The van der Waals surface area contributed by atoms with E-state index in [0.717, 1.165) is 4.90 Å². The molecule has 3 rings (SSSR count). The van der Waals surface area contributed by atoms with Gasteiger partial charge in [0, 0.05) is 0 Å². The molecule has 29 heavy (non-hydrogen) atoms. The zero-order valence-corrected chi connectivity index (χ0v) is 16.6. The molecule has 0 radical (unpaired) electrons. The summed E-state index contributed by atoms with van der Waals surface area (Å²) in [7, 11) is 0. The Morgan fingerprint density at radius 2 is 1.86 bits per heavy atom. The average Bonchev–Trinajstić information content (AvgIpc) is 2.93. The number of hydrogen-bond acceptors (Lipinski definition) is 5. The summed E-state index contributed by atoms with van der Waals surface area (Å²) in [6.07, 6.45) is 0.353. The molecular weight excluding hydrogens is 376 g/mol. The Bertz CT molecular complexity index is 882. The van der Waals surface area contributed by atoms with Crippen molar-refractivity contribution in [2.75, 3.05) is 13.2 Å². The Hall–Kier alpha value is -3.36. The highest BCUT2D eigenvalue weighted by atomic mass is 16.5. The van der Waals surface area contributed by atoms with E-state index in [4.69, 9.17) is 4.74 Å². The summed E-state index contributed by atoms with van der Waals surface area (Å²) in [6, 6.07) is 7.26. The molecule has 0 bridgehead atoms. The first kappa shape index (κ1) is 20.4. The van der Waals surface area contributed by atoms with Gasteiger partial charge in [0.2, 0.25) is 0 Å². The number of carbonyl (C=O) groups excluding carboxylic acids is 4. The van der Waals surface area contributed by atoms with Gasteiger partial charge in [0.25, 0.3) is 5.91 Å². The van der Waals surface area contributed by atoms with E-state index in [2.05, 4.69) is 16.0 Å². The van der Waals surface area contributed by atoms with Crippen molar-refractivity contribution >= 4 is 23.9 Å². The minimum absolute atomic E-state index is 0.159. The number of nitrogens with one attached hydrogen (secondary N) is 3. The highest BCUT2D eigenvalue weighted by Crippen LogP contribution is 2.33. The van der Waals surface area contributed by atoms with Crippen molar-refractivity contribution in [1.82, 2.24) is 20.9 Å². The lowest BCUT2D eigenvalue weighted by Gasteiger charge is -2.29. The molecule has 0 unspecified atom stereocenters. The number of imide groups is 1. The lowest BCUT2D eigenvalue weighted by Crippen LogP contribution is -2.52. The number of urea groups is 2. The van der Waals surface area contributed by atoms with E-state index >= 15 is 0 Å². The second-order valence-corrected chi connectivity index (χ2v) is 6.88. The van der Waals surface area contributed by atoms with E-state index in [-0.39, 0.29) is 24.4 Å². The van der Waals surface area contributed by atoms with E-state index in [1.807, 2.05) is 13.0 Å². The molecule has 9 heteroatoms. The lowest BCUT2D eigenvalue weighted by molar-refractivity contribution is -0.139. The topological polar surface area (TPSA) is 117 Å². The summed E-state index contributed by atoms with van der Waals surface area (Å²) in [4.78, 5) is 51.3. The minimum atomic E-state index is -1.19. The van der Waals surface area contributed by atoms with Crippen LogP contribution in [0.3, 0.4) is 0 Å². The van der Waals surface area contributed by atoms with E-state index in [1.165, 1.54) is 0 Å². The Morgan fingerprint density at radius 1 is 1.17 bits per heavy atom. The van der Waals surface area contributed by atoms with Crippen molar-refractivity contribution in [2.24, 2.45) is 0 Å². The third kappa shape index (κ3) is 3.55. The molecule has 1 saturated heterocycles. The predicted molar refractivity (Wildman–Crippen MR) is 103 cm³/mol. The molecule has 9 nitrogen and oxygen atoms in total. The molecule has 2 aliphatic heterocycles. The van der Waals surface area contributed by atoms with Gasteiger partial charge in [-0.15, -0.1) is 0 Å². The van der Waals surface area contributed by atoms with E-state index in [9.17, 15) is 19.2 Å². The summed E-state index contributed by atoms with van der Waals surface area (Å²) in [5.74, 6) is -1.05. The summed E-state index contributed by atoms with van der Waals surface area (Å²) in [5.41, 5.74) is -0.166. The van der Waals surface area contributed by atoms with Crippen LogP contribution in [0.15, 0.2) is 41.6 Å². The minimum Gasteiger partial charge on any atom is -0.463 e. The third-order valence-corrected chi connectivity index (χ3v) is 5.15. The molecule has 3 N–H and O–H groups in total. The van der Waals surface area contributed by atoms with Crippen LogP contribution in [0.2, 0.25) is 0 Å². The Balaban J connectivity index is 1.97. The van der Waals surface area contributed by atoms with Gasteiger partial charge in [-0.2, -0.15) is 0 Å². The molecule has 0 saturated carbocycles. The molecule has 2 aliphatic rings. The first-order valence-corrected chi connectivity index (χ1v) is 9.51. The number of benzene rings is 1. The fraction of sp³-hybridized carbons (Fsp3) is 0.400. The van der Waals surface area contributed by atoms with Crippen LogP contribution in [0.25, 0.3) is 0 Å². The van der Waals surface area contributed by atoms with Gasteiger partial charge in [-0.05, 0) is 25.8 Å². The third-order valence-electron chi connectivity index (χ3n) is 5.15. The number of rotatable bonds is 6. The fourth-order valence-corrected chi connectivity index (χ4v) is 3.69. The highest BCUT2D eigenvalue weighted by molar-refractivity contribution is 6.08. The van der Waals surface area contributed by atoms with Crippen molar-refractivity contribution in [3.63, 3.8) is 0 Å². The molecular formula is C20H24N4O5. The van der Waals surface area contributed by atoms with Gasteiger partial charge in [-0.1, -0.05) is 37.3 Å². The van der Waals surface area contributed by atoms with Crippen molar-refractivity contribution in [3.05, 3.63) is 47.2 Å². The van der Waals surface area contributed by atoms with Crippen LogP contribution in [0.5, 0.6) is 0 Å². The number of ether oxygens (including phenoxy) is 1. The first-order chi connectivity index (χ1) is 13.8. The fourth-order valence-electron chi connectivity index (χ4n) is 3.69. The second kappa shape index (κ2) is 7.94. The van der Waals surface area contributed by atoms with Crippen LogP contribution < -0.4 is 16.0 Å². The summed E-state index contributed by atoms with van der Waals surface area (Å²) < 4.78 is 5.07. The molecule has 1 aromatic rings. The number of esters is 1. The Morgan fingerprint density at radius 3 is 2.48 bits per heavy atom. The molecule has 1 aromatic carbocycles. The van der Waals surface area contributed by atoms with Crippen LogP contribution >= 0.6 is 0 Å². The normalized spacial score (nSPS) is 24.2. The maximum absolute atomic E-state index is 13.3. The van der Waals surface area contributed by atoms with Crippen molar-refractivity contribution in [2.45, 2.75) is 38.8 Å². The van der Waals surface area contributed by atoms with Crippen molar-refractivity contribution in [1.29, 1.82) is 0 Å². The summed E-state index contributed by atoms with van der Waals surface area (Å²) in [5, 5.41) is 7.92. The highest BCUT2D eigenvalue weighted by Gasteiger charge is 2.51. The molecule has 2 atom stereocenters.